The normalized spacial score (nSPS) is 11.8. The van der Waals surface area contributed by atoms with Crippen molar-refractivity contribution >= 4 is 67.9 Å². The zero-order valence-corrected chi connectivity index (χ0v) is 27.7. The molecule has 0 spiro atoms. The highest BCUT2D eigenvalue weighted by Crippen LogP contribution is 2.38. The van der Waals surface area contributed by atoms with Gasteiger partial charge in [0.05, 0.1) is 17.3 Å². The molecule has 1 atom stereocenters. The Bertz CT molecular complexity index is 2160. The molecule has 1 aromatic heterocycles. The fourth-order valence-corrected chi connectivity index (χ4v) is 6.81. The second-order valence-electron chi connectivity index (χ2n) is 10.6. The summed E-state index contributed by atoms with van der Waals surface area (Å²) in [6, 6.07) is 36.3. The van der Waals surface area contributed by atoms with Crippen LogP contribution in [0.5, 0.6) is 5.75 Å². The molecule has 0 aliphatic carbocycles. The molecular weight excluding hydrogens is 660 g/mol. The maximum atomic E-state index is 14.6. The van der Waals surface area contributed by atoms with E-state index >= 15 is 0 Å². The van der Waals surface area contributed by atoms with Gasteiger partial charge in [0.2, 0.25) is 5.91 Å². The van der Waals surface area contributed by atoms with Crippen LogP contribution in [0.3, 0.4) is 0 Å². The Morgan fingerprint density at radius 1 is 0.837 bits per heavy atom. The second-order valence-corrected chi connectivity index (χ2v) is 12.8. The standard InChI is InChI=1S/C38H29FN4O4S2/c1-47-28-19-20-31-33(23-28)49-38(42-31)43-37(46)34(24-11-4-2-5-12-24)48-29-17-10-16-27(22-29)40-36(45)32(21-26-15-8-9-18-30(26)39)41-35(44)25-13-6-3-7-14-25/h2-23,34H,1H3,(H,40,45)(H,41,44)(H,42,43,46)/b32-21-. The lowest BCUT2D eigenvalue weighted by molar-refractivity contribution is -0.116. The summed E-state index contributed by atoms with van der Waals surface area (Å²) in [7, 11) is 1.60. The van der Waals surface area contributed by atoms with Gasteiger partial charge in [-0.05, 0) is 66.2 Å². The van der Waals surface area contributed by atoms with E-state index in [1.54, 1.807) is 61.7 Å². The van der Waals surface area contributed by atoms with Crippen LogP contribution in [0.15, 0.2) is 138 Å². The van der Waals surface area contributed by atoms with Gasteiger partial charge in [-0.15, -0.1) is 11.8 Å². The van der Waals surface area contributed by atoms with E-state index in [9.17, 15) is 18.8 Å². The number of benzene rings is 5. The summed E-state index contributed by atoms with van der Waals surface area (Å²) in [6.07, 6.45) is 1.29. The summed E-state index contributed by atoms with van der Waals surface area (Å²) in [4.78, 5) is 45.6. The summed E-state index contributed by atoms with van der Waals surface area (Å²) in [6.45, 7) is 0. The van der Waals surface area contributed by atoms with Crippen molar-refractivity contribution < 1.29 is 23.5 Å². The van der Waals surface area contributed by atoms with Gasteiger partial charge in [0, 0.05) is 21.7 Å². The minimum atomic E-state index is -0.657. The van der Waals surface area contributed by atoms with Crippen LogP contribution in [0, 0.1) is 5.82 Å². The lowest BCUT2D eigenvalue weighted by Crippen LogP contribution is -2.30. The van der Waals surface area contributed by atoms with Gasteiger partial charge in [-0.3, -0.25) is 14.4 Å². The van der Waals surface area contributed by atoms with Crippen LogP contribution in [0.25, 0.3) is 16.3 Å². The van der Waals surface area contributed by atoms with Crippen LogP contribution >= 0.6 is 23.1 Å². The number of halogens is 1. The number of hydrogen-bond acceptors (Lipinski definition) is 7. The lowest BCUT2D eigenvalue weighted by Gasteiger charge is -2.17. The second kappa shape index (κ2) is 15.4. The van der Waals surface area contributed by atoms with Gasteiger partial charge in [0.25, 0.3) is 11.8 Å². The smallest absolute Gasteiger partial charge is 0.272 e. The highest BCUT2D eigenvalue weighted by atomic mass is 32.2. The molecule has 8 nitrogen and oxygen atoms in total. The van der Waals surface area contributed by atoms with Crippen molar-refractivity contribution in [1.82, 2.24) is 10.3 Å². The molecule has 1 heterocycles. The fraction of sp³-hybridized carbons (Fsp3) is 0.0526. The zero-order valence-electron chi connectivity index (χ0n) is 26.1. The summed E-state index contributed by atoms with van der Waals surface area (Å²) in [5.41, 5.74) is 2.26. The molecule has 1 unspecified atom stereocenters. The average molecular weight is 689 g/mol. The van der Waals surface area contributed by atoms with Crippen LogP contribution < -0.4 is 20.7 Å². The maximum Gasteiger partial charge on any atom is 0.272 e. The molecule has 6 rings (SSSR count). The molecule has 49 heavy (non-hydrogen) atoms. The van der Waals surface area contributed by atoms with E-state index in [-0.39, 0.29) is 17.2 Å². The van der Waals surface area contributed by atoms with Gasteiger partial charge < -0.3 is 20.7 Å². The molecular formula is C38H29FN4O4S2. The molecule has 0 saturated carbocycles. The van der Waals surface area contributed by atoms with Gasteiger partial charge in [-0.1, -0.05) is 84.1 Å². The molecule has 0 bridgehead atoms. The first-order valence-electron chi connectivity index (χ1n) is 15.1. The number of hydrogen-bond donors (Lipinski definition) is 3. The summed E-state index contributed by atoms with van der Waals surface area (Å²) >= 11 is 2.66. The molecule has 5 aromatic carbocycles. The topological polar surface area (TPSA) is 109 Å². The van der Waals surface area contributed by atoms with E-state index in [0.717, 1.165) is 15.8 Å². The molecule has 11 heteroatoms. The largest absolute Gasteiger partial charge is 0.497 e. The highest BCUT2D eigenvalue weighted by molar-refractivity contribution is 8.00. The Morgan fingerprint density at radius 2 is 1.57 bits per heavy atom. The number of methoxy groups -OCH3 is 1. The van der Waals surface area contributed by atoms with Gasteiger partial charge in [0.1, 0.15) is 22.5 Å². The molecule has 0 radical (unpaired) electrons. The minimum absolute atomic E-state index is 0.134. The number of anilines is 2. The van der Waals surface area contributed by atoms with Gasteiger partial charge in [-0.25, -0.2) is 9.37 Å². The number of aromatic nitrogens is 1. The van der Waals surface area contributed by atoms with E-state index in [0.29, 0.717) is 27.0 Å². The molecule has 3 N–H and O–H groups in total. The number of rotatable bonds is 11. The predicted molar refractivity (Wildman–Crippen MR) is 193 cm³/mol. The number of nitrogens with zero attached hydrogens (tertiary/aromatic N) is 1. The van der Waals surface area contributed by atoms with Crippen molar-refractivity contribution in [2.45, 2.75) is 10.1 Å². The minimum Gasteiger partial charge on any atom is -0.497 e. The fourth-order valence-electron chi connectivity index (χ4n) is 4.83. The molecule has 6 aromatic rings. The molecule has 244 valence electrons. The SMILES string of the molecule is COc1ccc2nc(NC(=O)C(Sc3cccc(NC(=O)/C(=C/c4ccccc4F)NC(=O)c4ccccc4)c3)c3ccccc3)sc2c1. The van der Waals surface area contributed by atoms with E-state index in [2.05, 4.69) is 20.9 Å². The third-order valence-corrected chi connectivity index (χ3v) is 9.43. The van der Waals surface area contributed by atoms with E-state index in [4.69, 9.17) is 4.74 Å². The third-order valence-electron chi connectivity index (χ3n) is 7.25. The van der Waals surface area contributed by atoms with Crippen molar-refractivity contribution in [3.8, 4) is 5.75 Å². The van der Waals surface area contributed by atoms with Crippen LogP contribution in [-0.4, -0.2) is 29.8 Å². The quantitative estimate of drug-likeness (QED) is 0.0933. The predicted octanol–water partition coefficient (Wildman–Crippen LogP) is 8.33. The van der Waals surface area contributed by atoms with Crippen LogP contribution in [0.1, 0.15) is 26.7 Å². The number of carbonyl (C=O) groups excluding carboxylic acids is 3. The Hall–Kier alpha value is -5.78. The zero-order chi connectivity index (χ0) is 34.2. The molecule has 0 fully saturated rings. The number of ether oxygens (including phenoxy) is 1. The monoisotopic (exact) mass is 688 g/mol. The van der Waals surface area contributed by atoms with Crippen molar-refractivity contribution in [1.29, 1.82) is 0 Å². The Kier molecular flexibility index (Phi) is 10.4. The molecule has 0 aliphatic heterocycles. The van der Waals surface area contributed by atoms with Crippen LogP contribution in [-0.2, 0) is 9.59 Å². The highest BCUT2D eigenvalue weighted by Gasteiger charge is 2.24. The van der Waals surface area contributed by atoms with Gasteiger partial charge in [-0.2, -0.15) is 0 Å². The van der Waals surface area contributed by atoms with Crippen molar-refractivity contribution in [2.24, 2.45) is 0 Å². The lowest BCUT2D eigenvalue weighted by atomic mass is 10.1. The van der Waals surface area contributed by atoms with Crippen LogP contribution in [0.4, 0.5) is 15.2 Å². The Labute approximate surface area is 290 Å². The summed E-state index contributed by atoms with van der Waals surface area (Å²) in [5.74, 6) is -1.29. The van der Waals surface area contributed by atoms with E-state index < -0.39 is 22.9 Å². The average Bonchev–Trinajstić information content (AvgIpc) is 3.53. The van der Waals surface area contributed by atoms with Crippen molar-refractivity contribution in [3.63, 3.8) is 0 Å². The number of thioether (sulfide) groups is 1. The first-order chi connectivity index (χ1) is 23.9. The third kappa shape index (κ3) is 8.39. The van der Waals surface area contributed by atoms with Gasteiger partial charge in [0.15, 0.2) is 5.13 Å². The van der Waals surface area contributed by atoms with E-state index in [1.807, 2.05) is 54.6 Å². The number of carbonyl (C=O) groups is 3. The maximum absolute atomic E-state index is 14.6. The Balaban J connectivity index is 1.23. The Morgan fingerprint density at radius 3 is 2.33 bits per heavy atom. The number of nitrogens with one attached hydrogen (secondary N) is 3. The first kappa shape index (κ1) is 33.1. The molecule has 0 saturated heterocycles. The van der Waals surface area contributed by atoms with E-state index in [1.165, 1.54) is 47.4 Å². The van der Waals surface area contributed by atoms with Crippen LogP contribution in [0.2, 0.25) is 0 Å². The van der Waals surface area contributed by atoms with Crippen molar-refractivity contribution in [2.75, 3.05) is 17.7 Å². The number of amides is 3. The summed E-state index contributed by atoms with van der Waals surface area (Å²) in [5, 5.41) is 8.20. The molecule has 0 aliphatic rings. The number of thiazole rings is 1. The molecule has 3 amide bonds. The van der Waals surface area contributed by atoms with Gasteiger partial charge >= 0.3 is 0 Å². The summed E-state index contributed by atoms with van der Waals surface area (Å²) < 4.78 is 20.8. The van der Waals surface area contributed by atoms with Crippen molar-refractivity contribution in [3.05, 3.63) is 156 Å². The number of fused-ring (bicyclic) bond motifs is 1. The first-order valence-corrected chi connectivity index (χ1v) is 16.8.